The highest BCUT2D eigenvalue weighted by Gasteiger charge is 1.90. The van der Waals surface area contributed by atoms with Gasteiger partial charge in [0, 0.05) is 20.1 Å². The maximum Gasteiger partial charge on any atom is 0.219 e. The lowest BCUT2D eigenvalue weighted by Gasteiger charge is -1.97. The fourth-order valence-electron chi connectivity index (χ4n) is 0.389. The molecule has 0 aliphatic heterocycles. The number of amides is 1. The third-order valence-corrected chi connectivity index (χ3v) is 0.893. The Labute approximate surface area is 62.4 Å². The van der Waals surface area contributed by atoms with Crippen LogP contribution in [0.5, 0.6) is 0 Å². The summed E-state index contributed by atoms with van der Waals surface area (Å²) < 4.78 is 0. The van der Waals surface area contributed by atoms with E-state index in [9.17, 15) is 4.79 Å². The van der Waals surface area contributed by atoms with Gasteiger partial charge in [-0.1, -0.05) is 13.8 Å². The Morgan fingerprint density at radius 2 is 1.90 bits per heavy atom. The molecule has 2 N–H and O–H groups in total. The van der Waals surface area contributed by atoms with Gasteiger partial charge in [-0.15, -0.1) is 0 Å². The first-order valence-corrected chi connectivity index (χ1v) is 3.52. The van der Waals surface area contributed by atoms with Gasteiger partial charge in [-0.2, -0.15) is 0 Å². The number of nitrogens with one attached hydrogen (secondary N) is 1. The molecule has 0 saturated carbocycles. The Hall–Kier alpha value is -0.570. The highest BCUT2D eigenvalue weighted by atomic mass is 16.2. The summed E-state index contributed by atoms with van der Waals surface area (Å²) in [5, 5.41) is 9.74. The molecule has 0 atom stereocenters. The highest BCUT2D eigenvalue weighted by Crippen LogP contribution is 1.75. The molecule has 0 saturated heterocycles. The zero-order valence-electron chi connectivity index (χ0n) is 6.98. The quantitative estimate of drug-likeness (QED) is 0.611. The van der Waals surface area contributed by atoms with Gasteiger partial charge >= 0.3 is 0 Å². The van der Waals surface area contributed by atoms with Crippen molar-refractivity contribution in [3.63, 3.8) is 0 Å². The molecule has 0 aliphatic carbocycles. The lowest BCUT2D eigenvalue weighted by atomic mass is 10.4. The van der Waals surface area contributed by atoms with E-state index in [1.807, 2.05) is 13.8 Å². The summed E-state index contributed by atoms with van der Waals surface area (Å²) in [7, 11) is 1.00. The zero-order valence-corrected chi connectivity index (χ0v) is 6.98. The summed E-state index contributed by atoms with van der Waals surface area (Å²) >= 11 is 0. The van der Waals surface area contributed by atoms with Crippen LogP contribution in [0, 0.1) is 0 Å². The molecule has 0 radical (unpaired) electrons. The predicted molar refractivity (Wildman–Crippen MR) is 41.7 cm³/mol. The molecule has 0 heterocycles. The molecule has 0 spiro atoms. The molecule has 1 amide bonds. The molecule has 0 bridgehead atoms. The van der Waals surface area contributed by atoms with Gasteiger partial charge in [-0.05, 0) is 6.42 Å². The monoisotopic (exact) mass is 147 g/mol. The van der Waals surface area contributed by atoms with Crippen LogP contribution in [-0.4, -0.2) is 24.7 Å². The van der Waals surface area contributed by atoms with E-state index in [-0.39, 0.29) is 5.91 Å². The number of carbonyl (C=O) groups is 1. The molecular weight excluding hydrogens is 130 g/mol. The first kappa shape index (κ1) is 12.1. The van der Waals surface area contributed by atoms with Crippen LogP contribution < -0.4 is 5.32 Å². The van der Waals surface area contributed by atoms with Crippen molar-refractivity contribution in [2.45, 2.75) is 26.7 Å². The Balaban J connectivity index is 0. The van der Waals surface area contributed by atoms with Crippen molar-refractivity contribution in [1.82, 2.24) is 5.32 Å². The number of aliphatic hydroxyl groups excluding tert-OH is 1. The van der Waals surface area contributed by atoms with E-state index in [1.54, 1.807) is 0 Å². The number of rotatable bonds is 3. The van der Waals surface area contributed by atoms with E-state index in [4.69, 9.17) is 5.11 Å². The highest BCUT2D eigenvalue weighted by molar-refractivity contribution is 5.75. The maximum absolute atomic E-state index is 10.5. The van der Waals surface area contributed by atoms with Crippen LogP contribution in [-0.2, 0) is 4.79 Å². The predicted octanol–water partition coefficient (Wildman–Crippen LogP) is 0.531. The Kier molecular flexibility index (Phi) is 13.7. The van der Waals surface area contributed by atoms with Crippen molar-refractivity contribution in [1.29, 1.82) is 0 Å². The van der Waals surface area contributed by atoms with E-state index in [0.717, 1.165) is 20.1 Å². The second-order valence-electron chi connectivity index (χ2n) is 1.70. The Morgan fingerprint density at radius 1 is 1.40 bits per heavy atom. The van der Waals surface area contributed by atoms with Crippen molar-refractivity contribution in [3.05, 3.63) is 0 Å². The van der Waals surface area contributed by atoms with E-state index < -0.39 is 0 Å². The van der Waals surface area contributed by atoms with Crippen LogP contribution in [0.4, 0.5) is 0 Å². The van der Waals surface area contributed by atoms with Gasteiger partial charge in [0.25, 0.3) is 0 Å². The minimum Gasteiger partial charge on any atom is -0.400 e. The number of hydrogen-bond acceptors (Lipinski definition) is 2. The summed E-state index contributed by atoms with van der Waals surface area (Å²) in [4.78, 5) is 10.5. The summed E-state index contributed by atoms with van der Waals surface area (Å²) in [5.74, 6) is 0.145. The average Bonchev–Trinajstić information content (AvgIpc) is 2.04. The summed E-state index contributed by atoms with van der Waals surface area (Å²) in [6.07, 6.45) is 1.62. The summed E-state index contributed by atoms with van der Waals surface area (Å²) in [5.41, 5.74) is 0. The molecule has 0 aromatic rings. The lowest BCUT2D eigenvalue weighted by molar-refractivity contribution is -0.120. The van der Waals surface area contributed by atoms with Gasteiger partial charge in [-0.3, -0.25) is 4.79 Å². The molecule has 62 valence electrons. The molecule has 10 heavy (non-hydrogen) atoms. The number of hydrogen-bond donors (Lipinski definition) is 2. The standard InChI is InChI=1S/C6H13NO.CH4O/c1-3-5-7-6(8)4-2;1-2/h3-5H2,1-2H3,(H,7,8);2H,1H3. The van der Waals surface area contributed by atoms with Crippen LogP contribution >= 0.6 is 0 Å². The topological polar surface area (TPSA) is 49.3 Å². The normalized spacial score (nSPS) is 7.60. The molecule has 0 aromatic carbocycles. The lowest BCUT2D eigenvalue weighted by Crippen LogP contribution is -2.22. The minimum atomic E-state index is 0.145. The molecule has 3 heteroatoms. The van der Waals surface area contributed by atoms with Crippen molar-refractivity contribution >= 4 is 5.91 Å². The first-order chi connectivity index (χ1) is 4.81. The van der Waals surface area contributed by atoms with Crippen LogP contribution in [0.3, 0.4) is 0 Å². The van der Waals surface area contributed by atoms with Gasteiger partial charge in [0.05, 0.1) is 0 Å². The van der Waals surface area contributed by atoms with Gasteiger partial charge < -0.3 is 10.4 Å². The largest absolute Gasteiger partial charge is 0.400 e. The van der Waals surface area contributed by atoms with E-state index in [1.165, 1.54) is 0 Å². The van der Waals surface area contributed by atoms with Crippen molar-refractivity contribution < 1.29 is 9.90 Å². The fourth-order valence-corrected chi connectivity index (χ4v) is 0.389. The van der Waals surface area contributed by atoms with Gasteiger partial charge in [-0.25, -0.2) is 0 Å². The zero-order chi connectivity index (χ0) is 8.41. The van der Waals surface area contributed by atoms with Gasteiger partial charge in [0.1, 0.15) is 0 Å². The summed E-state index contributed by atoms with van der Waals surface area (Å²) in [6, 6.07) is 0. The molecular formula is C7H17NO2. The van der Waals surface area contributed by atoms with E-state index >= 15 is 0 Å². The molecule has 0 aromatic heterocycles. The maximum atomic E-state index is 10.5. The third-order valence-electron chi connectivity index (χ3n) is 0.893. The summed E-state index contributed by atoms with van der Waals surface area (Å²) in [6.45, 7) is 4.70. The molecule has 0 fully saturated rings. The molecule has 0 aliphatic rings. The minimum absolute atomic E-state index is 0.145. The van der Waals surface area contributed by atoms with Gasteiger partial charge in [0.2, 0.25) is 5.91 Å². The molecule has 3 nitrogen and oxygen atoms in total. The van der Waals surface area contributed by atoms with Crippen molar-refractivity contribution in [2.24, 2.45) is 0 Å². The van der Waals surface area contributed by atoms with Crippen molar-refractivity contribution in [3.8, 4) is 0 Å². The smallest absolute Gasteiger partial charge is 0.219 e. The SMILES string of the molecule is CCCNC(=O)CC.CO. The number of carbonyl (C=O) groups excluding carboxylic acids is 1. The molecule has 0 rings (SSSR count). The Morgan fingerprint density at radius 3 is 2.20 bits per heavy atom. The van der Waals surface area contributed by atoms with E-state index in [0.29, 0.717) is 6.42 Å². The van der Waals surface area contributed by atoms with Gasteiger partial charge in [0.15, 0.2) is 0 Å². The molecule has 0 unspecified atom stereocenters. The van der Waals surface area contributed by atoms with E-state index in [2.05, 4.69) is 5.32 Å². The second kappa shape index (κ2) is 11.3. The second-order valence-corrected chi connectivity index (χ2v) is 1.70. The van der Waals surface area contributed by atoms with Crippen LogP contribution in [0.1, 0.15) is 26.7 Å². The number of aliphatic hydroxyl groups is 1. The van der Waals surface area contributed by atoms with Crippen molar-refractivity contribution in [2.75, 3.05) is 13.7 Å². The van der Waals surface area contributed by atoms with Crippen LogP contribution in [0.2, 0.25) is 0 Å². The first-order valence-electron chi connectivity index (χ1n) is 3.52. The average molecular weight is 147 g/mol. The third kappa shape index (κ3) is 10.4. The Bertz CT molecular complexity index is 74.0. The van der Waals surface area contributed by atoms with Crippen LogP contribution in [0.25, 0.3) is 0 Å². The van der Waals surface area contributed by atoms with Crippen LogP contribution in [0.15, 0.2) is 0 Å². The fraction of sp³-hybridized carbons (Fsp3) is 0.857.